The van der Waals surface area contributed by atoms with Crippen molar-refractivity contribution < 1.29 is 19.2 Å². The molecular formula is C13H20N2O4S. The van der Waals surface area contributed by atoms with Gasteiger partial charge in [-0.1, -0.05) is 12.1 Å². The molecule has 7 heteroatoms. The van der Waals surface area contributed by atoms with Crippen molar-refractivity contribution in [2.75, 3.05) is 5.75 Å². The number of thioether (sulfide) groups is 1. The Balaban J connectivity index is 2.34. The molecule has 6 nitrogen and oxygen atoms in total. The SMILES string of the molecule is CCC(CC(=O)O)NC(=O)CSCc1c(C)noc1C. The van der Waals surface area contributed by atoms with Gasteiger partial charge in [-0.05, 0) is 20.3 Å². The maximum absolute atomic E-state index is 11.7. The zero-order valence-electron chi connectivity index (χ0n) is 11.9. The van der Waals surface area contributed by atoms with Crippen molar-refractivity contribution in [3.8, 4) is 0 Å². The number of carbonyl (C=O) groups is 2. The Labute approximate surface area is 122 Å². The second kappa shape index (κ2) is 7.94. The summed E-state index contributed by atoms with van der Waals surface area (Å²) in [5.74, 6) is 0.674. The lowest BCUT2D eigenvalue weighted by atomic mass is 10.1. The molecule has 112 valence electrons. The standard InChI is InChI=1S/C13H20N2O4S/c1-4-10(5-13(17)18)14-12(16)7-20-6-11-8(2)15-19-9(11)3/h10H,4-7H2,1-3H3,(H,14,16)(H,17,18). The fourth-order valence-corrected chi connectivity index (χ4v) is 2.72. The van der Waals surface area contributed by atoms with Crippen LogP contribution >= 0.6 is 11.8 Å². The fraction of sp³-hybridized carbons (Fsp3) is 0.615. The average Bonchev–Trinajstić information content (AvgIpc) is 2.69. The maximum atomic E-state index is 11.7. The van der Waals surface area contributed by atoms with Crippen LogP contribution < -0.4 is 5.32 Å². The highest BCUT2D eigenvalue weighted by atomic mass is 32.2. The average molecular weight is 300 g/mol. The number of hydrogen-bond donors (Lipinski definition) is 2. The van der Waals surface area contributed by atoms with Crippen molar-refractivity contribution in [1.82, 2.24) is 10.5 Å². The molecule has 1 amide bonds. The molecule has 1 aromatic rings. The lowest BCUT2D eigenvalue weighted by molar-refractivity contribution is -0.137. The van der Waals surface area contributed by atoms with Crippen LogP contribution in [0.5, 0.6) is 0 Å². The highest BCUT2D eigenvalue weighted by molar-refractivity contribution is 7.99. The minimum absolute atomic E-state index is 0.0449. The molecule has 1 rings (SSSR count). The molecule has 0 spiro atoms. The summed E-state index contributed by atoms with van der Waals surface area (Å²) in [6.45, 7) is 5.56. The number of nitrogens with zero attached hydrogens (tertiary/aromatic N) is 1. The molecule has 0 aliphatic rings. The summed E-state index contributed by atoms with van der Waals surface area (Å²) >= 11 is 1.46. The van der Waals surface area contributed by atoms with Crippen LogP contribution in [0.3, 0.4) is 0 Å². The van der Waals surface area contributed by atoms with E-state index in [1.165, 1.54) is 11.8 Å². The summed E-state index contributed by atoms with van der Waals surface area (Å²) < 4.78 is 5.05. The summed E-state index contributed by atoms with van der Waals surface area (Å²) in [5.41, 5.74) is 1.85. The lowest BCUT2D eigenvalue weighted by Gasteiger charge is -2.14. The number of aliphatic carboxylic acids is 1. The summed E-state index contributed by atoms with van der Waals surface area (Å²) in [6, 6.07) is -0.306. The van der Waals surface area contributed by atoms with E-state index in [0.717, 1.165) is 17.0 Å². The monoisotopic (exact) mass is 300 g/mol. The van der Waals surface area contributed by atoms with E-state index in [-0.39, 0.29) is 18.4 Å². The summed E-state index contributed by atoms with van der Waals surface area (Å²) in [5, 5.41) is 15.3. The highest BCUT2D eigenvalue weighted by Crippen LogP contribution is 2.19. The third-order valence-electron chi connectivity index (χ3n) is 2.94. The van der Waals surface area contributed by atoms with E-state index >= 15 is 0 Å². The molecule has 0 aliphatic heterocycles. The van der Waals surface area contributed by atoms with Gasteiger partial charge in [0.15, 0.2) is 0 Å². The quantitative estimate of drug-likeness (QED) is 0.761. The number of amides is 1. The smallest absolute Gasteiger partial charge is 0.305 e. The van der Waals surface area contributed by atoms with Crippen LogP contribution in [-0.2, 0) is 15.3 Å². The topological polar surface area (TPSA) is 92.4 Å². The molecule has 1 atom stereocenters. The van der Waals surface area contributed by atoms with Crippen LogP contribution in [0.2, 0.25) is 0 Å². The van der Waals surface area contributed by atoms with E-state index < -0.39 is 5.97 Å². The number of carboxylic acid groups (broad SMARTS) is 1. The minimum Gasteiger partial charge on any atom is -0.481 e. The van der Waals surface area contributed by atoms with Gasteiger partial charge in [-0.25, -0.2) is 0 Å². The number of rotatable bonds is 8. The van der Waals surface area contributed by atoms with E-state index in [9.17, 15) is 9.59 Å². The van der Waals surface area contributed by atoms with Crippen molar-refractivity contribution >= 4 is 23.6 Å². The van der Waals surface area contributed by atoms with Crippen molar-refractivity contribution in [1.29, 1.82) is 0 Å². The van der Waals surface area contributed by atoms with E-state index in [1.807, 2.05) is 20.8 Å². The summed E-state index contributed by atoms with van der Waals surface area (Å²) in [4.78, 5) is 22.3. The summed E-state index contributed by atoms with van der Waals surface area (Å²) in [6.07, 6.45) is 0.559. The number of nitrogens with one attached hydrogen (secondary N) is 1. The first kappa shape index (κ1) is 16.6. The molecule has 0 radical (unpaired) electrons. The van der Waals surface area contributed by atoms with Gasteiger partial charge >= 0.3 is 5.97 Å². The number of carboxylic acids is 1. The second-order valence-corrected chi connectivity index (χ2v) is 5.55. The van der Waals surface area contributed by atoms with Crippen molar-refractivity contribution in [3.05, 3.63) is 17.0 Å². The van der Waals surface area contributed by atoms with E-state index in [1.54, 1.807) is 0 Å². The van der Waals surface area contributed by atoms with Crippen LogP contribution in [0.25, 0.3) is 0 Å². The van der Waals surface area contributed by atoms with E-state index in [2.05, 4.69) is 10.5 Å². The Morgan fingerprint density at radius 3 is 2.65 bits per heavy atom. The van der Waals surface area contributed by atoms with Gasteiger partial charge in [0.05, 0.1) is 17.9 Å². The van der Waals surface area contributed by atoms with Gasteiger partial charge in [-0.3, -0.25) is 9.59 Å². The molecule has 0 aromatic carbocycles. The number of aryl methyl sites for hydroxylation is 2. The number of aromatic nitrogens is 1. The lowest BCUT2D eigenvalue weighted by Crippen LogP contribution is -2.37. The highest BCUT2D eigenvalue weighted by Gasteiger charge is 2.15. The molecule has 1 aromatic heterocycles. The molecule has 0 saturated heterocycles. The van der Waals surface area contributed by atoms with Gasteiger partial charge in [0.25, 0.3) is 0 Å². The van der Waals surface area contributed by atoms with Crippen LogP contribution in [0, 0.1) is 13.8 Å². The van der Waals surface area contributed by atoms with Crippen LogP contribution in [0.4, 0.5) is 0 Å². The Morgan fingerprint density at radius 2 is 2.15 bits per heavy atom. The zero-order valence-corrected chi connectivity index (χ0v) is 12.7. The molecule has 1 unspecified atom stereocenters. The third-order valence-corrected chi connectivity index (χ3v) is 3.90. The summed E-state index contributed by atoms with van der Waals surface area (Å²) in [7, 11) is 0. The van der Waals surface area contributed by atoms with E-state index in [4.69, 9.17) is 9.63 Å². The molecule has 1 heterocycles. The van der Waals surface area contributed by atoms with Crippen molar-refractivity contribution in [2.24, 2.45) is 0 Å². The van der Waals surface area contributed by atoms with Crippen molar-refractivity contribution in [3.63, 3.8) is 0 Å². The Hall–Kier alpha value is -1.50. The van der Waals surface area contributed by atoms with Gasteiger partial charge in [-0.15, -0.1) is 11.8 Å². The predicted octanol–water partition coefficient (Wildman–Crippen LogP) is 1.89. The first-order valence-corrected chi connectivity index (χ1v) is 7.60. The Kier molecular flexibility index (Phi) is 6.57. The largest absolute Gasteiger partial charge is 0.481 e. The minimum atomic E-state index is -0.902. The number of hydrogen-bond acceptors (Lipinski definition) is 5. The molecule has 0 aliphatic carbocycles. The fourth-order valence-electron chi connectivity index (χ4n) is 1.73. The second-order valence-electron chi connectivity index (χ2n) is 4.57. The molecule has 0 fully saturated rings. The van der Waals surface area contributed by atoms with Gasteiger partial charge < -0.3 is 14.9 Å². The van der Waals surface area contributed by atoms with Crippen molar-refractivity contribution in [2.45, 2.75) is 45.4 Å². The van der Waals surface area contributed by atoms with Gasteiger partial charge in [0.1, 0.15) is 5.76 Å². The number of carbonyl (C=O) groups excluding carboxylic acids is 1. The predicted molar refractivity (Wildman–Crippen MR) is 76.6 cm³/mol. The molecule has 0 bridgehead atoms. The van der Waals surface area contributed by atoms with Crippen LogP contribution in [-0.4, -0.2) is 33.9 Å². The Morgan fingerprint density at radius 1 is 1.45 bits per heavy atom. The zero-order chi connectivity index (χ0) is 15.1. The van der Waals surface area contributed by atoms with Gasteiger partial charge in [-0.2, -0.15) is 0 Å². The first-order chi connectivity index (χ1) is 9.43. The molecular weight excluding hydrogens is 280 g/mol. The van der Waals surface area contributed by atoms with Crippen LogP contribution in [0.1, 0.15) is 36.8 Å². The molecule has 20 heavy (non-hydrogen) atoms. The van der Waals surface area contributed by atoms with Gasteiger partial charge in [0.2, 0.25) is 5.91 Å². The van der Waals surface area contributed by atoms with Crippen LogP contribution in [0.15, 0.2) is 4.52 Å². The van der Waals surface area contributed by atoms with Gasteiger partial charge in [0, 0.05) is 17.4 Å². The Bertz CT molecular complexity index is 453. The first-order valence-electron chi connectivity index (χ1n) is 6.44. The normalized spacial score (nSPS) is 12.2. The molecule has 0 saturated carbocycles. The maximum Gasteiger partial charge on any atom is 0.305 e. The third kappa shape index (κ3) is 5.24. The molecule has 2 N–H and O–H groups in total. The van der Waals surface area contributed by atoms with E-state index in [0.29, 0.717) is 17.9 Å².